The maximum Gasteiger partial charge on any atom is 0.220 e. The quantitative estimate of drug-likeness (QED) is 0.878. The summed E-state index contributed by atoms with van der Waals surface area (Å²) in [7, 11) is 4.78. The van der Waals surface area contributed by atoms with Gasteiger partial charge in [0.1, 0.15) is 0 Å². The van der Waals surface area contributed by atoms with Gasteiger partial charge in [-0.05, 0) is 29.7 Å². The highest BCUT2D eigenvalue weighted by Crippen LogP contribution is 2.42. The van der Waals surface area contributed by atoms with Gasteiger partial charge in [0, 0.05) is 18.4 Å². The third-order valence-corrected chi connectivity index (χ3v) is 4.65. The molecular weight excluding hydrogens is 318 g/mol. The molecule has 0 bridgehead atoms. The summed E-state index contributed by atoms with van der Waals surface area (Å²) in [6.07, 6.45) is 1.24. The van der Waals surface area contributed by atoms with Crippen LogP contribution in [-0.2, 0) is 11.2 Å². The van der Waals surface area contributed by atoms with E-state index in [4.69, 9.17) is 14.2 Å². The minimum Gasteiger partial charge on any atom is -0.493 e. The molecule has 1 fully saturated rings. The fraction of sp³-hybridized carbons (Fsp3) is 0.350. The molecule has 1 heterocycles. The summed E-state index contributed by atoms with van der Waals surface area (Å²) >= 11 is 0. The first-order valence-corrected chi connectivity index (χ1v) is 8.29. The standard InChI is InChI=1S/C20H23NO4/c1-23-17-10-14(11-18(24-2)20(17)25-3)15-12-19(22)21-16(15)9-13-7-5-4-6-8-13/h4-8,10-11,15-16H,9,12H2,1-3H3,(H,21,22). The summed E-state index contributed by atoms with van der Waals surface area (Å²) in [5, 5.41) is 3.10. The van der Waals surface area contributed by atoms with Crippen molar-refractivity contribution < 1.29 is 19.0 Å². The van der Waals surface area contributed by atoms with Gasteiger partial charge >= 0.3 is 0 Å². The van der Waals surface area contributed by atoms with Gasteiger partial charge in [-0.25, -0.2) is 0 Å². The summed E-state index contributed by atoms with van der Waals surface area (Å²) in [6.45, 7) is 0. The van der Waals surface area contributed by atoms with Crippen molar-refractivity contribution in [2.45, 2.75) is 24.8 Å². The van der Waals surface area contributed by atoms with Crippen LogP contribution in [0.1, 0.15) is 23.5 Å². The Morgan fingerprint density at radius 1 is 1.00 bits per heavy atom. The van der Waals surface area contributed by atoms with Gasteiger partial charge in [0.25, 0.3) is 0 Å². The number of nitrogens with one attached hydrogen (secondary N) is 1. The van der Waals surface area contributed by atoms with Crippen molar-refractivity contribution in [3.8, 4) is 17.2 Å². The molecule has 0 spiro atoms. The zero-order valence-electron chi connectivity index (χ0n) is 14.7. The van der Waals surface area contributed by atoms with Gasteiger partial charge in [-0.3, -0.25) is 4.79 Å². The Kier molecular flexibility index (Phi) is 5.12. The number of carbonyl (C=O) groups is 1. The molecule has 3 rings (SSSR count). The minimum atomic E-state index is 0.0395. The van der Waals surface area contributed by atoms with Crippen LogP contribution in [0.2, 0.25) is 0 Å². The molecule has 0 saturated carbocycles. The molecule has 1 amide bonds. The van der Waals surface area contributed by atoms with E-state index in [1.165, 1.54) is 5.56 Å². The molecule has 5 heteroatoms. The molecule has 2 atom stereocenters. The molecule has 5 nitrogen and oxygen atoms in total. The lowest BCUT2D eigenvalue weighted by atomic mass is 9.88. The first-order chi connectivity index (χ1) is 12.2. The molecule has 2 unspecified atom stereocenters. The maximum atomic E-state index is 12.1. The Morgan fingerprint density at radius 3 is 2.20 bits per heavy atom. The van der Waals surface area contributed by atoms with Crippen molar-refractivity contribution in [2.75, 3.05) is 21.3 Å². The first kappa shape index (κ1) is 17.1. The highest BCUT2D eigenvalue weighted by Gasteiger charge is 2.34. The predicted octanol–water partition coefficient (Wildman–Crippen LogP) is 2.93. The normalized spacial score (nSPS) is 19.4. The zero-order valence-corrected chi connectivity index (χ0v) is 14.7. The highest BCUT2D eigenvalue weighted by atomic mass is 16.5. The van der Waals surface area contributed by atoms with E-state index in [0.29, 0.717) is 23.7 Å². The molecule has 1 aliphatic rings. The third kappa shape index (κ3) is 3.55. The lowest BCUT2D eigenvalue weighted by molar-refractivity contribution is -0.119. The lowest BCUT2D eigenvalue weighted by Gasteiger charge is -2.22. The fourth-order valence-corrected chi connectivity index (χ4v) is 3.44. The monoisotopic (exact) mass is 341 g/mol. The Balaban J connectivity index is 1.94. The topological polar surface area (TPSA) is 56.8 Å². The first-order valence-electron chi connectivity index (χ1n) is 8.29. The number of benzene rings is 2. The molecule has 25 heavy (non-hydrogen) atoms. The SMILES string of the molecule is COc1cc(C2CC(=O)NC2Cc2ccccc2)cc(OC)c1OC. The molecule has 1 N–H and O–H groups in total. The molecule has 0 aromatic heterocycles. The van der Waals surface area contributed by atoms with Gasteiger partial charge in [0.15, 0.2) is 11.5 Å². The van der Waals surface area contributed by atoms with Crippen LogP contribution < -0.4 is 19.5 Å². The number of hydrogen-bond acceptors (Lipinski definition) is 4. The predicted molar refractivity (Wildman–Crippen MR) is 95.5 cm³/mol. The molecule has 1 saturated heterocycles. The van der Waals surface area contributed by atoms with Crippen LogP contribution in [0.4, 0.5) is 0 Å². The van der Waals surface area contributed by atoms with Crippen molar-refractivity contribution in [3.63, 3.8) is 0 Å². The summed E-state index contributed by atoms with van der Waals surface area (Å²) in [5.41, 5.74) is 2.21. The molecular formula is C20H23NO4. The van der Waals surface area contributed by atoms with Gasteiger partial charge in [-0.1, -0.05) is 30.3 Å². The van der Waals surface area contributed by atoms with Crippen LogP contribution in [0.15, 0.2) is 42.5 Å². The van der Waals surface area contributed by atoms with Gasteiger partial charge < -0.3 is 19.5 Å². The Morgan fingerprint density at radius 2 is 1.64 bits per heavy atom. The van der Waals surface area contributed by atoms with Crippen LogP contribution in [0.5, 0.6) is 17.2 Å². The second-order valence-corrected chi connectivity index (χ2v) is 6.13. The number of amides is 1. The number of ether oxygens (including phenoxy) is 3. The molecule has 2 aromatic carbocycles. The summed E-state index contributed by atoms with van der Waals surface area (Å²) in [6, 6.07) is 14.1. The van der Waals surface area contributed by atoms with Gasteiger partial charge in [-0.2, -0.15) is 0 Å². The van der Waals surface area contributed by atoms with E-state index < -0.39 is 0 Å². The van der Waals surface area contributed by atoms with Crippen molar-refractivity contribution in [1.29, 1.82) is 0 Å². The Labute approximate surface area is 147 Å². The summed E-state index contributed by atoms with van der Waals surface area (Å²) < 4.78 is 16.3. The Bertz CT molecular complexity index is 720. The number of rotatable bonds is 6. The number of hydrogen-bond donors (Lipinski definition) is 1. The van der Waals surface area contributed by atoms with Crippen molar-refractivity contribution in [3.05, 3.63) is 53.6 Å². The lowest BCUT2D eigenvalue weighted by Crippen LogP contribution is -2.30. The van der Waals surface area contributed by atoms with E-state index in [2.05, 4.69) is 17.4 Å². The van der Waals surface area contributed by atoms with Crippen molar-refractivity contribution >= 4 is 5.91 Å². The average molecular weight is 341 g/mol. The van der Waals surface area contributed by atoms with Crippen molar-refractivity contribution in [1.82, 2.24) is 5.32 Å². The van der Waals surface area contributed by atoms with Crippen LogP contribution in [-0.4, -0.2) is 33.3 Å². The number of carbonyl (C=O) groups excluding carboxylic acids is 1. The summed E-state index contributed by atoms with van der Waals surface area (Å²) in [5.74, 6) is 1.90. The van der Waals surface area contributed by atoms with Crippen molar-refractivity contribution in [2.24, 2.45) is 0 Å². The average Bonchev–Trinajstić information content (AvgIpc) is 3.01. The second-order valence-electron chi connectivity index (χ2n) is 6.13. The van der Waals surface area contributed by atoms with E-state index in [-0.39, 0.29) is 17.9 Å². The third-order valence-electron chi connectivity index (χ3n) is 4.65. The largest absolute Gasteiger partial charge is 0.493 e. The van der Waals surface area contributed by atoms with Crippen LogP contribution in [0, 0.1) is 0 Å². The molecule has 132 valence electrons. The second kappa shape index (κ2) is 7.47. The van der Waals surface area contributed by atoms with E-state index in [0.717, 1.165) is 12.0 Å². The van der Waals surface area contributed by atoms with Gasteiger partial charge in [-0.15, -0.1) is 0 Å². The van der Waals surface area contributed by atoms with E-state index in [1.807, 2.05) is 30.3 Å². The summed E-state index contributed by atoms with van der Waals surface area (Å²) in [4.78, 5) is 12.1. The number of methoxy groups -OCH3 is 3. The fourth-order valence-electron chi connectivity index (χ4n) is 3.44. The van der Waals surface area contributed by atoms with Gasteiger partial charge in [0.2, 0.25) is 11.7 Å². The zero-order chi connectivity index (χ0) is 17.8. The highest BCUT2D eigenvalue weighted by molar-refractivity contribution is 5.80. The smallest absolute Gasteiger partial charge is 0.220 e. The van der Waals surface area contributed by atoms with E-state index in [1.54, 1.807) is 21.3 Å². The van der Waals surface area contributed by atoms with Crippen LogP contribution in [0.3, 0.4) is 0 Å². The molecule has 1 aliphatic heterocycles. The molecule has 2 aromatic rings. The van der Waals surface area contributed by atoms with Crippen LogP contribution in [0.25, 0.3) is 0 Å². The van der Waals surface area contributed by atoms with Crippen LogP contribution >= 0.6 is 0 Å². The minimum absolute atomic E-state index is 0.0395. The van der Waals surface area contributed by atoms with E-state index >= 15 is 0 Å². The molecule has 0 aliphatic carbocycles. The van der Waals surface area contributed by atoms with Gasteiger partial charge in [0.05, 0.1) is 21.3 Å². The molecule has 0 radical (unpaired) electrons. The maximum absolute atomic E-state index is 12.1. The van der Waals surface area contributed by atoms with E-state index in [9.17, 15) is 4.79 Å². The Hall–Kier alpha value is -2.69.